The molecular weight excluding hydrogens is 2260 g/mol. The van der Waals surface area contributed by atoms with Gasteiger partial charge >= 0.3 is 67.1 Å². The van der Waals surface area contributed by atoms with Gasteiger partial charge in [-0.1, -0.05) is 183 Å². The molecule has 140 heavy (non-hydrogen) atoms. The van der Waals surface area contributed by atoms with E-state index >= 15 is 0 Å². The third-order valence-electron chi connectivity index (χ3n) is 26.0. The number of hydrogen-bond acceptors (Lipinski definition) is 13. The number of fused-ring (bicyclic) bond motifs is 12. The molecule has 11 heterocycles. The van der Waals surface area contributed by atoms with E-state index in [1.807, 2.05) is 146 Å². The molecule has 0 N–H and O–H groups in total. The Kier molecular flexibility index (Phi) is 25.7. The molecule has 0 unspecified atom stereocenters. The van der Waals surface area contributed by atoms with Gasteiger partial charge in [0.25, 0.3) is 13.4 Å². The van der Waals surface area contributed by atoms with E-state index in [4.69, 9.17) is 44.1 Å². The van der Waals surface area contributed by atoms with Crippen LogP contribution in [0.3, 0.4) is 0 Å². The quantitative estimate of drug-likeness (QED) is 0.101. The maximum absolute atomic E-state index is 6.71. The van der Waals surface area contributed by atoms with Gasteiger partial charge in [-0.25, -0.2) is 48.3 Å². The monoisotopic (exact) mass is 2360 g/mol. The minimum atomic E-state index is -0.330. The van der Waals surface area contributed by atoms with Crippen LogP contribution in [0, 0.1) is 54.6 Å². The van der Waals surface area contributed by atoms with Crippen LogP contribution in [0.15, 0.2) is 310 Å². The average Bonchev–Trinajstić information content (AvgIpc) is 0.683. The molecule has 0 radical (unpaired) electrons. The number of aromatic nitrogens is 7. The number of pyridine rings is 3. The fourth-order valence-electron chi connectivity index (χ4n) is 19.3. The van der Waals surface area contributed by atoms with Crippen LogP contribution in [0.4, 0.5) is 51.6 Å². The Labute approximate surface area is 869 Å². The molecule has 19 heteroatoms. The van der Waals surface area contributed by atoms with Crippen molar-refractivity contribution >= 4 is 121 Å². The Morgan fingerprint density at radius 3 is 1.07 bits per heavy atom. The number of para-hydroxylation sites is 3. The first-order valence-electron chi connectivity index (χ1n) is 46.9. The first-order chi connectivity index (χ1) is 66.1. The van der Waals surface area contributed by atoms with Crippen molar-refractivity contribution < 1.29 is 81.4 Å². The Hall–Kier alpha value is -13.3. The van der Waals surface area contributed by atoms with Gasteiger partial charge in [-0.05, 0) is 110 Å². The van der Waals surface area contributed by atoms with Crippen LogP contribution in [0.1, 0.15) is 132 Å². The van der Waals surface area contributed by atoms with Crippen molar-refractivity contribution in [2.45, 2.75) is 131 Å². The van der Waals surface area contributed by atoms with Crippen molar-refractivity contribution in [3.63, 3.8) is 0 Å². The smallest absolute Gasteiger partial charge is 0.503 e. The van der Waals surface area contributed by atoms with E-state index < -0.39 is 0 Å². The number of hydrogen-bond donors (Lipinski definition) is 0. The minimum Gasteiger partial charge on any atom is -0.503 e. The fraction of sp³-hybridized carbons (Fsp3) is 0.165. The predicted octanol–water partition coefficient (Wildman–Crippen LogP) is 22.7. The molecule has 5 aromatic heterocycles. The molecule has 13 nitrogen and oxygen atoms in total. The second kappa shape index (κ2) is 37.7. The zero-order chi connectivity index (χ0) is 94.1. The van der Waals surface area contributed by atoms with Crippen LogP contribution in [-0.2, 0) is 94.2 Å². The second-order valence-electron chi connectivity index (χ2n) is 40.7. The first kappa shape index (κ1) is 95.6. The van der Waals surface area contributed by atoms with Crippen LogP contribution in [0.5, 0.6) is 34.6 Å². The van der Waals surface area contributed by atoms with E-state index in [9.17, 15) is 0 Å². The maximum atomic E-state index is 6.71. The summed E-state index contributed by atoms with van der Waals surface area (Å²) in [5, 5.41) is 0. The molecule has 690 valence electrons. The summed E-state index contributed by atoms with van der Waals surface area (Å²) in [5.74, 6) is 8.53. The number of benzene rings is 13. The molecule has 0 spiro atoms. The van der Waals surface area contributed by atoms with Gasteiger partial charge in [-0.3, -0.25) is 9.80 Å². The van der Waals surface area contributed by atoms with Crippen LogP contribution < -0.4 is 78.3 Å². The summed E-state index contributed by atoms with van der Waals surface area (Å²) in [7, 11) is 0. The summed E-state index contributed by atoms with van der Waals surface area (Å²) in [6, 6.07) is 135. The maximum Gasteiger partial charge on any atom is 3.00 e. The van der Waals surface area contributed by atoms with Crippen molar-refractivity contribution in [3.8, 4) is 102 Å². The van der Waals surface area contributed by atoms with Gasteiger partial charge in [0.15, 0.2) is 0 Å². The van der Waals surface area contributed by atoms with Crippen molar-refractivity contribution in [3.05, 3.63) is 392 Å². The van der Waals surface area contributed by atoms with Gasteiger partial charge in [0.1, 0.15) is 40.6 Å². The summed E-state index contributed by atoms with van der Waals surface area (Å²) >= 11 is 0. The molecule has 18 aromatic rings. The Morgan fingerprint density at radius 1 is 0.271 bits per heavy atom. The van der Waals surface area contributed by atoms with E-state index in [2.05, 4.69) is 342 Å². The van der Waals surface area contributed by atoms with E-state index in [0.29, 0.717) is 5.88 Å². The first-order valence-corrected chi connectivity index (χ1v) is 46.9. The second-order valence-corrected chi connectivity index (χ2v) is 40.7. The van der Waals surface area contributed by atoms with Gasteiger partial charge in [-0.2, -0.15) is 114 Å². The van der Waals surface area contributed by atoms with E-state index in [0.717, 1.165) is 209 Å². The molecule has 6 aliphatic heterocycles. The number of anilines is 9. The molecule has 0 saturated carbocycles. The molecule has 6 aliphatic rings. The van der Waals surface area contributed by atoms with Crippen molar-refractivity contribution in [1.29, 1.82) is 0 Å². The molecule has 13 aromatic carbocycles. The average molecular weight is 2360 g/mol. The Bertz CT molecular complexity index is 7730. The van der Waals surface area contributed by atoms with Gasteiger partial charge in [0.05, 0.1) is 11.4 Å². The fourth-order valence-corrected chi connectivity index (χ4v) is 19.3. The van der Waals surface area contributed by atoms with Crippen LogP contribution in [-0.4, -0.2) is 55.0 Å². The van der Waals surface area contributed by atoms with Gasteiger partial charge in [0.2, 0.25) is 12.6 Å². The molecule has 0 fully saturated rings. The summed E-state index contributed by atoms with van der Waals surface area (Å²) in [6.45, 7) is 32.5. The van der Waals surface area contributed by atoms with E-state index in [-0.39, 0.29) is 114 Å². The molecular formula is C121H96Au3B3N10O3. The van der Waals surface area contributed by atoms with Crippen molar-refractivity contribution in [2.75, 3.05) is 14.7 Å². The Balaban J connectivity index is 0.000000134. The summed E-state index contributed by atoms with van der Waals surface area (Å²) in [6.07, 6.45) is 1.88. The van der Waals surface area contributed by atoms with Crippen LogP contribution in [0.25, 0.3) is 67.2 Å². The van der Waals surface area contributed by atoms with Crippen molar-refractivity contribution in [1.82, 2.24) is 34.9 Å². The summed E-state index contributed by atoms with van der Waals surface area (Å²) in [5.41, 5.74) is 28.7. The third-order valence-corrected chi connectivity index (χ3v) is 26.0. The molecule has 24 rings (SSSR count). The summed E-state index contributed by atoms with van der Waals surface area (Å²) < 4.78 is 19.4. The van der Waals surface area contributed by atoms with Gasteiger partial charge in [-0.15, -0.1) is 154 Å². The number of ether oxygens (including phenoxy) is 3. The number of rotatable bonds is 9. The van der Waals surface area contributed by atoms with Gasteiger partial charge in [0, 0.05) is 78.9 Å². The molecule has 0 atom stereocenters. The predicted molar refractivity (Wildman–Crippen MR) is 557 cm³/mol. The SMILES string of the molecule is CC(C)(C)c1ccnc(-c2[c-]c3c(cc2)Oc2cccc4c2B3c2[c-]c(-c3[c-]cccc3)ccc2O4)c1.CC(C)(C)c1nc2c3c(n1)N(c1ccccc1)c1c(C(C)(C)C)cc(-c4[c-]cccc4)nc1B3c1[c-]c(-c3[c-]cccc3)ccc1N2c1ccccc1.CC(C)(C)c1nc2c3c(n1)N(c1ccccc1)c1c(C(C)(C)C)cc(-c4[c-]cccc4)nc1B3c1[c-]c(-c3[c-]cccc3)ccc1O2.[Au+3].[Au+3].[Au+3]. The zero-order valence-electron chi connectivity index (χ0n) is 80.3. The van der Waals surface area contributed by atoms with E-state index in [1.54, 1.807) is 0 Å². The van der Waals surface area contributed by atoms with Crippen LogP contribution in [0.2, 0.25) is 0 Å². The molecule has 0 saturated heterocycles. The zero-order valence-corrected chi connectivity index (χ0v) is 86.8. The number of nitrogens with zero attached hydrogens (tertiary/aromatic N) is 10. The topological polar surface area (TPSA) is 128 Å². The van der Waals surface area contributed by atoms with Crippen LogP contribution >= 0.6 is 0 Å². The minimum absolute atomic E-state index is 0. The summed E-state index contributed by atoms with van der Waals surface area (Å²) in [4.78, 5) is 44.3. The van der Waals surface area contributed by atoms with Gasteiger partial charge < -0.3 is 34.1 Å². The molecule has 0 amide bonds. The molecule has 0 aliphatic carbocycles. The largest absolute Gasteiger partial charge is 3.00 e. The Morgan fingerprint density at radius 2 is 0.643 bits per heavy atom. The van der Waals surface area contributed by atoms with E-state index in [1.165, 1.54) is 16.7 Å². The standard InChI is InChI=1S/C47H39BN5.C41H34BN4O.C33H23BNO2.3Au/c1-46(2,3)36-30-38(32-21-13-8-14-22-32)49-42-41(36)53(35-25-17-10-18-26-35)44-40-43(50-45(51-44)47(4,5)6)52(34-23-15-9-16-24-34)39-28-27-33(29-37(39)48(40)42)31-19-11-7-12-20-31;1-40(2,3)30-25-32(27-18-12-8-13-19-27)43-36-35(30)46(29-20-14-9-15-21-29)37-34-38(45-39(44-37)41(4,5)6)47-33-23-22-28(24-31(33)42(34)36)26-16-10-7-11-17-26;1-33(2,3)24-16-17-35-27(20-24)23-13-15-29-26(19-23)34-25-18-22(21-8-5-4-6-9-21)12-14-28(25)36-30-10-7-11-31(37-29)32(30)34;;;/h7-19,21,23-28,30H,1-6H3;7-16,18,20-23,25H,1-6H3;4-8,10-17,20H,1-3H3;;;/q3*-3;3*+3. The molecule has 0 bridgehead atoms. The normalized spacial score (nSPS) is 13.0. The van der Waals surface area contributed by atoms with Crippen molar-refractivity contribution in [2.24, 2.45) is 0 Å². The third kappa shape index (κ3) is 17.7.